The number of likely N-dealkylation sites (N-methyl/N-ethyl adjacent to an activating group) is 1. The zero-order valence-electron chi connectivity index (χ0n) is 32.1. The predicted molar refractivity (Wildman–Crippen MR) is 206 cm³/mol. The first kappa shape index (κ1) is 46.8. The molecule has 0 amide bonds. The summed E-state index contributed by atoms with van der Waals surface area (Å²) >= 11 is 0. The average Bonchev–Trinajstić information content (AvgIpc) is 3.06. The van der Waals surface area contributed by atoms with Crippen LogP contribution in [0.15, 0.2) is 72.9 Å². The standard InChI is InChI=1S/C42H69NO7/c1-6-8-10-12-14-16-17-18-19-20-21-22-23-25-26-28-30-32-40(44)49-37-38(36-48-35-34-39(42(46)47)43(3,4)5)50-41(45)33-31-29-27-24-15-13-11-9-7-2/h8,10,14,16,18-19,21-22,24-27,38-39H,6-7,9,11-13,15,17,20,23,28-37H2,1-5H3/p+1/b10-8+,16-14+,19-18+,22-21+,26-25+,27-24+. The highest BCUT2D eigenvalue weighted by molar-refractivity contribution is 5.72. The molecule has 0 rings (SSSR count). The van der Waals surface area contributed by atoms with Crippen LogP contribution in [0.2, 0.25) is 0 Å². The maximum atomic E-state index is 12.6. The normalized spacial score (nSPS) is 13.9. The Balaban J connectivity index is 4.53. The fourth-order valence-corrected chi connectivity index (χ4v) is 4.89. The van der Waals surface area contributed by atoms with Crippen molar-refractivity contribution in [3.05, 3.63) is 72.9 Å². The van der Waals surface area contributed by atoms with E-state index in [1.165, 1.54) is 25.7 Å². The minimum Gasteiger partial charge on any atom is -0.477 e. The maximum absolute atomic E-state index is 12.6. The number of carboxylic acids is 1. The Morgan fingerprint density at radius 3 is 1.64 bits per heavy atom. The molecule has 0 aliphatic heterocycles. The largest absolute Gasteiger partial charge is 0.477 e. The number of carbonyl (C=O) groups excluding carboxylic acids is 2. The number of carboxylic acid groups (broad SMARTS) is 1. The number of hydrogen-bond acceptors (Lipinski definition) is 6. The van der Waals surface area contributed by atoms with E-state index in [-0.39, 0.29) is 49.1 Å². The lowest BCUT2D eigenvalue weighted by Crippen LogP contribution is -2.50. The molecule has 8 nitrogen and oxygen atoms in total. The Kier molecular flexibility index (Phi) is 30.8. The van der Waals surface area contributed by atoms with E-state index in [1.54, 1.807) is 0 Å². The quantitative estimate of drug-likeness (QED) is 0.0323. The van der Waals surface area contributed by atoms with Gasteiger partial charge in [0.1, 0.15) is 6.61 Å². The molecule has 284 valence electrons. The summed E-state index contributed by atoms with van der Waals surface area (Å²) in [6.07, 6.45) is 39.7. The van der Waals surface area contributed by atoms with Crippen LogP contribution in [0.25, 0.3) is 0 Å². The van der Waals surface area contributed by atoms with Crippen LogP contribution in [-0.2, 0) is 28.6 Å². The fourth-order valence-electron chi connectivity index (χ4n) is 4.89. The van der Waals surface area contributed by atoms with E-state index in [2.05, 4.69) is 86.8 Å². The third kappa shape index (κ3) is 30.8. The molecule has 0 saturated heterocycles. The fraction of sp³-hybridized carbons (Fsp3) is 0.643. The molecular weight excluding hydrogens is 630 g/mol. The molecule has 0 spiro atoms. The Labute approximate surface area is 304 Å². The van der Waals surface area contributed by atoms with Gasteiger partial charge in [-0.2, -0.15) is 0 Å². The second-order valence-corrected chi connectivity index (χ2v) is 13.4. The highest BCUT2D eigenvalue weighted by Crippen LogP contribution is 2.11. The minimum absolute atomic E-state index is 0.0280. The van der Waals surface area contributed by atoms with Crippen molar-refractivity contribution in [2.24, 2.45) is 0 Å². The van der Waals surface area contributed by atoms with Gasteiger partial charge in [0.25, 0.3) is 0 Å². The van der Waals surface area contributed by atoms with Gasteiger partial charge in [0.2, 0.25) is 0 Å². The van der Waals surface area contributed by atoms with E-state index in [0.717, 1.165) is 51.4 Å². The van der Waals surface area contributed by atoms with Crippen molar-refractivity contribution in [3.8, 4) is 0 Å². The molecule has 0 aliphatic rings. The number of aliphatic carboxylic acids is 1. The van der Waals surface area contributed by atoms with Crippen molar-refractivity contribution in [1.29, 1.82) is 0 Å². The van der Waals surface area contributed by atoms with Crippen LogP contribution in [0.3, 0.4) is 0 Å². The first-order chi connectivity index (χ1) is 24.1. The van der Waals surface area contributed by atoms with Crippen molar-refractivity contribution in [2.45, 2.75) is 135 Å². The molecule has 0 bridgehead atoms. The minimum atomic E-state index is -0.891. The molecular formula is C42H70NO7+. The van der Waals surface area contributed by atoms with Crippen LogP contribution in [0.1, 0.15) is 123 Å². The lowest BCUT2D eigenvalue weighted by Gasteiger charge is -2.31. The number of rotatable bonds is 32. The van der Waals surface area contributed by atoms with Gasteiger partial charge in [-0.1, -0.05) is 106 Å². The van der Waals surface area contributed by atoms with Crippen LogP contribution < -0.4 is 0 Å². The van der Waals surface area contributed by atoms with Gasteiger partial charge in [0, 0.05) is 19.3 Å². The van der Waals surface area contributed by atoms with Gasteiger partial charge in [-0.25, -0.2) is 4.79 Å². The van der Waals surface area contributed by atoms with E-state index in [1.807, 2.05) is 21.1 Å². The van der Waals surface area contributed by atoms with Crippen molar-refractivity contribution in [3.63, 3.8) is 0 Å². The second-order valence-electron chi connectivity index (χ2n) is 13.4. The summed E-state index contributed by atoms with van der Waals surface area (Å²) in [6, 6.07) is -0.628. The van der Waals surface area contributed by atoms with E-state index in [9.17, 15) is 19.5 Å². The van der Waals surface area contributed by atoms with Crippen LogP contribution in [0.4, 0.5) is 0 Å². The number of carbonyl (C=O) groups is 3. The second kappa shape index (κ2) is 32.9. The number of ether oxygens (including phenoxy) is 3. The van der Waals surface area contributed by atoms with E-state index in [4.69, 9.17) is 14.2 Å². The number of esters is 2. The molecule has 1 N–H and O–H groups in total. The highest BCUT2D eigenvalue weighted by atomic mass is 16.6. The van der Waals surface area contributed by atoms with E-state index in [0.29, 0.717) is 19.3 Å². The summed E-state index contributed by atoms with van der Waals surface area (Å²) in [4.78, 5) is 36.7. The summed E-state index contributed by atoms with van der Waals surface area (Å²) in [7, 11) is 5.48. The number of hydrogen-bond donors (Lipinski definition) is 1. The monoisotopic (exact) mass is 701 g/mol. The van der Waals surface area contributed by atoms with Crippen LogP contribution in [0.5, 0.6) is 0 Å². The Morgan fingerprint density at radius 2 is 1.12 bits per heavy atom. The first-order valence-electron chi connectivity index (χ1n) is 19.0. The van der Waals surface area contributed by atoms with Crippen molar-refractivity contribution >= 4 is 17.9 Å². The predicted octanol–water partition coefficient (Wildman–Crippen LogP) is 9.63. The molecule has 0 aliphatic carbocycles. The van der Waals surface area contributed by atoms with Crippen molar-refractivity contribution in [1.82, 2.24) is 0 Å². The summed E-state index contributed by atoms with van der Waals surface area (Å²) in [5.41, 5.74) is 0. The number of unbranched alkanes of at least 4 members (excludes halogenated alkanes) is 6. The number of quaternary nitrogens is 1. The van der Waals surface area contributed by atoms with Crippen molar-refractivity contribution in [2.75, 3.05) is 41.0 Å². The van der Waals surface area contributed by atoms with Gasteiger partial charge >= 0.3 is 17.9 Å². The third-order valence-electron chi connectivity index (χ3n) is 7.84. The molecule has 2 atom stereocenters. The van der Waals surface area contributed by atoms with Gasteiger partial charge < -0.3 is 23.8 Å². The molecule has 0 saturated carbocycles. The van der Waals surface area contributed by atoms with E-state index < -0.39 is 18.1 Å². The zero-order valence-corrected chi connectivity index (χ0v) is 32.1. The molecule has 8 heteroatoms. The molecule has 2 unspecified atom stereocenters. The van der Waals surface area contributed by atoms with E-state index >= 15 is 0 Å². The molecule has 0 aromatic rings. The van der Waals surface area contributed by atoms with Crippen LogP contribution in [-0.4, -0.2) is 80.6 Å². The number of nitrogens with zero attached hydrogens (tertiary/aromatic N) is 1. The molecule has 50 heavy (non-hydrogen) atoms. The summed E-state index contributed by atoms with van der Waals surface area (Å²) in [5, 5.41) is 9.57. The van der Waals surface area contributed by atoms with Gasteiger partial charge in [-0.3, -0.25) is 9.59 Å². The highest BCUT2D eigenvalue weighted by Gasteiger charge is 2.31. The topological polar surface area (TPSA) is 99.1 Å². The Hall–Kier alpha value is -3.23. The lowest BCUT2D eigenvalue weighted by atomic mass is 10.1. The van der Waals surface area contributed by atoms with Crippen molar-refractivity contribution < 1.29 is 38.2 Å². The summed E-state index contributed by atoms with van der Waals surface area (Å²) in [6.45, 7) is 4.46. The summed E-state index contributed by atoms with van der Waals surface area (Å²) in [5.74, 6) is -1.60. The van der Waals surface area contributed by atoms with Gasteiger partial charge in [0.15, 0.2) is 12.1 Å². The van der Waals surface area contributed by atoms with Gasteiger partial charge in [-0.15, -0.1) is 0 Å². The smallest absolute Gasteiger partial charge is 0.362 e. The zero-order chi connectivity index (χ0) is 37.1. The van der Waals surface area contributed by atoms with Gasteiger partial charge in [-0.05, 0) is 70.6 Å². The molecule has 0 heterocycles. The molecule has 0 aromatic carbocycles. The van der Waals surface area contributed by atoms with Crippen LogP contribution in [0, 0.1) is 0 Å². The SMILES string of the molecule is CC/C=C/C/C=C/C/C=C/C/C=C/C/C=C/CCCC(=O)OCC(COCCC(C(=O)O)[N+](C)(C)C)OC(=O)CCC/C=C/CCCCCC. The van der Waals surface area contributed by atoms with Gasteiger partial charge in [0.05, 0.1) is 34.4 Å². The molecule has 0 radical (unpaired) electrons. The maximum Gasteiger partial charge on any atom is 0.362 e. The number of allylic oxidation sites excluding steroid dienone is 12. The molecule has 0 aromatic heterocycles. The Morgan fingerprint density at radius 1 is 0.620 bits per heavy atom. The average molecular weight is 701 g/mol. The first-order valence-corrected chi connectivity index (χ1v) is 19.0. The third-order valence-corrected chi connectivity index (χ3v) is 7.84. The summed E-state index contributed by atoms with van der Waals surface area (Å²) < 4.78 is 17.1. The molecule has 0 fully saturated rings. The lowest BCUT2D eigenvalue weighted by molar-refractivity contribution is -0.887. The van der Waals surface area contributed by atoms with Crippen LogP contribution >= 0.6 is 0 Å². The Bertz CT molecular complexity index is 1050.